The van der Waals surface area contributed by atoms with Gasteiger partial charge in [-0.1, -0.05) is 31.0 Å². The SMILES string of the molecule is CCC(CN)CNCc1cc(C)cc(C)c1OC. The summed E-state index contributed by atoms with van der Waals surface area (Å²) in [6.07, 6.45) is 1.12. The van der Waals surface area contributed by atoms with Crippen molar-refractivity contribution in [3.8, 4) is 5.75 Å². The van der Waals surface area contributed by atoms with E-state index in [-0.39, 0.29) is 0 Å². The first-order valence-electron chi connectivity index (χ1n) is 6.67. The molecule has 0 amide bonds. The number of aryl methyl sites for hydroxylation is 2. The lowest BCUT2D eigenvalue weighted by molar-refractivity contribution is 0.401. The topological polar surface area (TPSA) is 47.3 Å². The zero-order valence-electron chi connectivity index (χ0n) is 12.0. The van der Waals surface area contributed by atoms with Crippen LogP contribution in [0.2, 0.25) is 0 Å². The molecule has 0 fully saturated rings. The van der Waals surface area contributed by atoms with Crippen molar-refractivity contribution in [3.05, 3.63) is 28.8 Å². The third-order valence-electron chi connectivity index (χ3n) is 3.36. The number of rotatable bonds is 7. The molecule has 0 aliphatic carbocycles. The Balaban J connectivity index is 2.66. The van der Waals surface area contributed by atoms with Gasteiger partial charge in [0.15, 0.2) is 0 Å². The number of methoxy groups -OCH3 is 1. The molecule has 102 valence electrons. The van der Waals surface area contributed by atoms with E-state index in [0.717, 1.165) is 31.8 Å². The Hall–Kier alpha value is -1.06. The van der Waals surface area contributed by atoms with Crippen LogP contribution in [0.15, 0.2) is 12.1 Å². The molecule has 3 N–H and O–H groups in total. The third kappa shape index (κ3) is 4.00. The van der Waals surface area contributed by atoms with E-state index in [1.165, 1.54) is 16.7 Å². The van der Waals surface area contributed by atoms with Crippen LogP contribution < -0.4 is 15.8 Å². The lowest BCUT2D eigenvalue weighted by atomic mass is 10.0. The molecule has 0 spiro atoms. The van der Waals surface area contributed by atoms with E-state index in [2.05, 4.69) is 38.2 Å². The van der Waals surface area contributed by atoms with Gasteiger partial charge in [-0.05, 0) is 38.4 Å². The zero-order valence-corrected chi connectivity index (χ0v) is 12.0. The Morgan fingerprint density at radius 2 is 2.06 bits per heavy atom. The first kappa shape index (κ1) is 15.0. The summed E-state index contributed by atoms with van der Waals surface area (Å²) >= 11 is 0. The van der Waals surface area contributed by atoms with Gasteiger partial charge in [0.25, 0.3) is 0 Å². The highest BCUT2D eigenvalue weighted by Crippen LogP contribution is 2.24. The molecule has 0 saturated carbocycles. The van der Waals surface area contributed by atoms with Gasteiger partial charge >= 0.3 is 0 Å². The smallest absolute Gasteiger partial charge is 0.126 e. The summed E-state index contributed by atoms with van der Waals surface area (Å²) in [4.78, 5) is 0. The molecule has 1 atom stereocenters. The van der Waals surface area contributed by atoms with Crippen LogP contribution in [0.3, 0.4) is 0 Å². The van der Waals surface area contributed by atoms with Gasteiger partial charge in [0.2, 0.25) is 0 Å². The molecule has 1 aromatic carbocycles. The Labute approximate surface area is 111 Å². The van der Waals surface area contributed by atoms with Crippen LogP contribution in [-0.4, -0.2) is 20.2 Å². The van der Waals surface area contributed by atoms with Crippen LogP contribution in [0, 0.1) is 19.8 Å². The van der Waals surface area contributed by atoms with Gasteiger partial charge in [-0.3, -0.25) is 0 Å². The second kappa shape index (κ2) is 7.39. The summed E-state index contributed by atoms with van der Waals surface area (Å²) < 4.78 is 5.48. The van der Waals surface area contributed by atoms with Gasteiger partial charge in [0.1, 0.15) is 5.75 Å². The normalized spacial score (nSPS) is 12.5. The summed E-state index contributed by atoms with van der Waals surface area (Å²) in [5.74, 6) is 1.55. The average Bonchev–Trinajstić information content (AvgIpc) is 2.34. The standard InChI is InChI=1S/C15H26N2O/c1-5-13(8-16)9-17-10-14-7-11(2)6-12(3)15(14)18-4/h6-7,13,17H,5,8-10,16H2,1-4H3. The molecule has 1 aromatic rings. The maximum absolute atomic E-state index is 5.70. The fourth-order valence-electron chi connectivity index (χ4n) is 2.27. The van der Waals surface area contributed by atoms with E-state index >= 15 is 0 Å². The monoisotopic (exact) mass is 250 g/mol. The Morgan fingerprint density at radius 3 is 2.61 bits per heavy atom. The predicted octanol–water partition coefficient (Wildman–Crippen LogP) is 2.39. The minimum Gasteiger partial charge on any atom is -0.496 e. The van der Waals surface area contributed by atoms with Gasteiger partial charge in [-0.15, -0.1) is 0 Å². The van der Waals surface area contributed by atoms with Crippen LogP contribution in [0.1, 0.15) is 30.0 Å². The lowest BCUT2D eigenvalue weighted by Gasteiger charge is -2.16. The molecule has 0 aromatic heterocycles. The molecule has 0 aliphatic heterocycles. The van der Waals surface area contributed by atoms with E-state index in [1.54, 1.807) is 7.11 Å². The molecule has 1 rings (SSSR count). The molecule has 18 heavy (non-hydrogen) atoms. The highest BCUT2D eigenvalue weighted by Gasteiger charge is 2.08. The molecule has 0 saturated heterocycles. The molecule has 1 unspecified atom stereocenters. The summed E-state index contributed by atoms with van der Waals surface area (Å²) in [7, 11) is 1.73. The van der Waals surface area contributed by atoms with Gasteiger partial charge in [0.05, 0.1) is 7.11 Å². The fraction of sp³-hybridized carbons (Fsp3) is 0.600. The molecule has 0 radical (unpaired) electrons. The van der Waals surface area contributed by atoms with E-state index in [0.29, 0.717) is 5.92 Å². The van der Waals surface area contributed by atoms with E-state index in [9.17, 15) is 0 Å². The summed E-state index contributed by atoms with van der Waals surface area (Å²) in [5.41, 5.74) is 9.39. The Bertz CT molecular complexity index is 373. The summed E-state index contributed by atoms with van der Waals surface area (Å²) in [6.45, 7) is 8.92. The number of nitrogens with two attached hydrogens (primary N) is 1. The zero-order chi connectivity index (χ0) is 13.5. The highest BCUT2D eigenvalue weighted by atomic mass is 16.5. The Kier molecular flexibility index (Phi) is 6.16. The molecule has 3 nitrogen and oxygen atoms in total. The van der Waals surface area contributed by atoms with Gasteiger partial charge in [-0.2, -0.15) is 0 Å². The van der Waals surface area contributed by atoms with Crippen molar-refractivity contribution in [2.45, 2.75) is 33.7 Å². The fourth-order valence-corrected chi connectivity index (χ4v) is 2.27. The first-order chi connectivity index (χ1) is 8.62. The van der Waals surface area contributed by atoms with Crippen LogP contribution in [0.5, 0.6) is 5.75 Å². The number of ether oxygens (including phenoxy) is 1. The van der Waals surface area contributed by atoms with Gasteiger partial charge in [0, 0.05) is 12.1 Å². The van der Waals surface area contributed by atoms with Crippen molar-refractivity contribution in [1.29, 1.82) is 0 Å². The summed E-state index contributed by atoms with van der Waals surface area (Å²) in [5, 5.41) is 3.47. The molecule has 0 heterocycles. The van der Waals surface area contributed by atoms with Crippen molar-refractivity contribution in [2.24, 2.45) is 11.7 Å². The second-order valence-electron chi connectivity index (χ2n) is 4.92. The van der Waals surface area contributed by atoms with Gasteiger partial charge < -0.3 is 15.8 Å². The number of hydrogen-bond acceptors (Lipinski definition) is 3. The maximum atomic E-state index is 5.70. The Morgan fingerprint density at radius 1 is 1.33 bits per heavy atom. The molecule has 3 heteroatoms. The van der Waals surface area contributed by atoms with Crippen molar-refractivity contribution in [1.82, 2.24) is 5.32 Å². The minimum atomic E-state index is 0.557. The van der Waals surface area contributed by atoms with Crippen LogP contribution in [-0.2, 0) is 6.54 Å². The third-order valence-corrected chi connectivity index (χ3v) is 3.36. The average molecular weight is 250 g/mol. The van der Waals surface area contributed by atoms with Crippen LogP contribution >= 0.6 is 0 Å². The van der Waals surface area contributed by atoms with Gasteiger partial charge in [-0.25, -0.2) is 0 Å². The maximum Gasteiger partial charge on any atom is 0.126 e. The molecule has 0 bridgehead atoms. The van der Waals surface area contributed by atoms with Crippen molar-refractivity contribution >= 4 is 0 Å². The minimum absolute atomic E-state index is 0.557. The van der Waals surface area contributed by atoms with E-state index < -0.39 is 0 Å². The number of benzene rings is 1. The highest BCUT2D eigenvalue weighted by molar-refractivity contribution is 5.43. The van der Waals surface area contributed by atoms with Crippen LogP contribution in [0.25, 0.3) is 0 Å². The largest absolute Gasteiger partial charge is 0.496 e. The molecular weight excluding hydrogens is 224 g/mol. The van der Waals surface area contributed by atoms with E-state index in [4.69, 9.17) is 10.5 Å². The first-order valence-corrected chi connectivity index (χ1v) is 6.67. The van der Waals surface area contributed by atoms with Crippen molar-refractivity contribution in [2.75, 3.05) is 20.2 Å². The summed E-state index contributed by atoms with van der Waals surface area (Å²) in [6, 6.07) is 4.33. The van der Waals surface area contributed by atoms with Crippen molar-refractivity contribution in [3.63, 3.8) is 0 Å². The predicted molar refractivity (Wildman–Crippen MR) is 77.0 cm³/mol. The molecule has 0 aliphatic rings. The quantitative estimate of drug-likeness (QED) is 0.781. The second-order valence-corrected chi connectivity index (χ2v) is 4.92. The number of nitrogens with one attached hydrogen (secondary N) is 1. The molecular formula is C15H26N2O. The van der Waals surface area contributed by atoms with Crippen LogP contribution in [0.4, 0.5) is 0 Å². The van der Waals surface area contributed by atoms with Crippen molar-refractivity contribution < 1.29 is 4.74 Å². The number of hydrogen-bond donors (Lipinski definition) is 2. The van der Waals surface area contributed by atoms with E-state index in [1.807, 2.05) is 0 Å². The lowest BCUT2D eigenvalue weighted by Crippen LogP contribution is -2.27.